The Balaban J connectivity index is 2.71. The zero-order chi connectivity index (χ0) is 11.8. The molecule has 0 bridgehead atoms. The van der Waals surface area contributed by atoms with Gasteiger partial charge in [0.25, 0.3) is 0 Å². The zero-order valence-corrected chi connectivity index (χ0v) is 10.7. The highest BCUT2D eigenvalue weighted by Crippen LogP contribution is 2.11. The van der Waals surface area contributed by atoms with Gasteiger partial charge in [-0.3, -0.25) is 0 Å². The van der Waals surface area contributed by atoms with Gasteiger partial charge in [-0.2, -0.15) is 0 Å². The van der Waals surface area contributed by atoms with E-state index in [4.69, 9.17) is 0 Å². The lowest BCUT2D eigenvalue weighted by atomic mass is 10.3. The molecule has 0 fully saturated rings. The molecule has 16 heavy (non-hydrogen) atoms. The molecule has 3 nitrogen and oxygen atoms in total. The van der Waals surface area contributed by atoms with Gasteiger partial charge in [-0.25, -0.2) is 4.98 Å². The van der Waals surface area contributed by atoms with E-state index in [0.29, 0.717) is 0 Å². The zero-order valence-electron chi connectivity index (χ0n) is 10.7. The monoisotopic (exact) mass is 221 g/mol. The van der Waals surface area contributed by atoms with Crippen molar-refractivity contribution in [2.45, 2.75) is 33.7 Å². The van der Waals surface area contributed by atoms with Gasteiger partial charge < -0.3 is 10.2 Å². The summed E-state index contributed by atoms with van der Waals surface area (Å²) in [5.41, 5.74) is 1.12. The molecule has 1 aromatic heterocycles. The van der Waals surface area contributed by atoms with Gasteiger partial charge in [-0.05, 0) is 32.0 Å². The van der Waals surface area contributed by atoms with Crippen molar-refractivity contribution in [2.24, 2.45) is 0 Å². The summed E-state index contributed by atoms with van der Waals surface area (Å²) in [6.45, 7) is 10.4. The molecule has 0 aromatic carbocycles. The topological polar surface area (TPSA) is 28.2 Å². The van der Waals surface area contributed by atoms with Gasteiger partial charge in [0.1, 0.15) is 5.82 Å². The fourth-order valence-corrected chi connectivity index (χ4v) is 1.70. The molecule has 3 heteroatoms. The van der Waals surface area contributed by atoms with Crippen molar-refractivity contribution in [1.82, 2.24) is 10.3 Å². The molecule has 90 valence electrons. The standard InChI is InChI=1S/C13H23N3/c1-4-10-16(6-3)13-9-7-8-12(15-13)11-14-5-2/h7-9,14H,4-6,10-11H2,1-3H3. The average Bonchev–Trinajstić information content (AvgIpc) is 2.33. The summed E-state index contributed by atoms with van der Waals surface area (Å²) in [6, 6.07) is 6.26. The van der Waals surface area contributed by atoms with E-state index in [2.05, 4.69) is 54.2 Å². The summed E-state index contributed by atoms with van der Waals surface area (Å²) in [5, 5.41) is 3.30. The quantitative estimate of drug-likeness (QED) is 0.766. The van der Waals surface area contributed by atoms with E-state index in [1.807, 2.05) is 0 Å². The molecule has 0 radical (unpaired) electrons. The Bertz CT molecular complexity index is 299. The Morgan fingerprint density at radius 2 is 2.06 bits per heavy atom. The molecule has 0 aliphatic heterocycles. The summed E-state index contributed by atoms with van der Waals surface area (Å²) >= 11 is 0. The molecular weight excluding hydrogens is 198 g/mol. The molecule has 0 spiro atoms. The molecule has 0 amide bonds. The van der Waals surface area contributed by atoms with Gasteiger partial charge in [-0.1, -0.05) is 19.9 Å². The summed E-state index contributed by atoms with van der Waals surface area (Å²) in [7, 11) is 0. The summed E-state index contributed by atoms with van der Waals surface area (Å²) in [5.74, 6) is 1.10. The Hall–Kier alpha value is -1.09. The SMILES string of the molecule is CCCN(CC)c1cccc(CNCC)n1. The molecule has 0 saturated carbocycles. The lowest BCUT2D eigenvalue weighted by Crippen LogP contribution is -2.25. The number of hydrogen-bond donors (Lipinski definition) is 1. The van der Waals surface area contributed by atoms with Crippen LogP contribution < -0.4 is 10.2 Å². The fourth-order valence-electron chi connectivity index (χ4n) is 1.70. The highest BCUT2D eigenvalue weighted by Gasteiger charge is 2.04. The predicted octanol–water partition coefficient (Wildman–Crippen LogP) is 2.43. The first-order chi connectivity index (χ1) is 7.81. The van der Waals surface area contributed by atoms with Crippen LogP contribution in [0.3, 0.4) is 0 Å². The third kappa shape index (κ3) is 3.81. The van der Waals surface area contributed by atoms with Crippen molar-refractivity contribution in [3.8, 4) is 0 Å². The first-order valence-corrected chi connectivity index (χ1v) is 6.23. The number of aromatic nitrogens is 1. The molecule has 0 aliphatic carbocycles. The van der Waals surface area contributed by atoms with Crippen molar-refractivity contribution in [3.63, 3.8) is 0 Å². The maximum absolute atomic E-state index is 4.66. The normalized spacial score (nSPS) is 10.4. The van der Waals surface area contributed by atoms with Crippen molar-refractivity contribution < 1.29 is 0 Å². The minimum absolute atomic E-state index is 0.855. The highest BCUT2D eigenvalue weighted by atomic mass is 15.2. The first kappa shape index (κ1) is 13.0. The molecule has 0 unspecified atom stereocenters. The summed E-state index contributed by atoms with van der Waals surface area (Å²) in [6.07, 6.45) is 1.16. The minimum atomic E-state index is 0.855. The number of hydrogen-bond acceptors (Lipinski definition) is 3. The lowest BCUT2D eigenvalue weighted by Gasteiger charge is -2.21. The number of nitrogens with one attached hydrogen (secondary N) is 1. The Morgan fingerprint density at radius 1 is 1.25 bits per heavy atom. The third-order valence-electron chi connectivity index (χ3n) is 2.55. The van der Waals surface area contributed by atoms with E-state index in [-0.39, 0.29) is 0 Å². The largest absolute Gasteiger partial charge is 0.357 e. The second-order valence-electron chi connectivity index (χ2n) is 3.85. The van der Waals surface area contributed by atoms with Gasteiger partial charge in [0, 0.05) is 19.6 Å². The summed E-state index contributed by atoms with van der Waals surface area (Å²) < 4.78 is 0. The first-order valence-electron chi connectivity index (χ1n) is 6.23. The molecule has 1 N–H and O–H groups in total. The van der Waals surface area contributed by atoms with Crippen LogP contribution >= 0.6 is 0 Å². The Kier molecular flexibility index (Phi) is 5.86. The molecule has 0 atom stereocenters. The number of anilines is 1. The van der Waals surface area contributed by atoms with E-state index in [1.165, 1.54) is 0 Å². The van der Waals surface area contributed by atoms with E-state index in [0.717, 1.165) is 44.1 Å². The Labute approximate surface area is 98.9 Å². The fraction of sp³-hybridized carbons (Fsp3) is 0.615. The third-order valence-corrected chi connectivity index (χ3v) is 2.55. The van der Waals surface area contributed by atoms with Crippen LogP contribution in [0.5, 0.6) is 0 Å². The molecule has 0 saturated heterocycles. The predicted molar refractivity (Wildman–Crippen MR) is 69.8 cm³/mol. The molecule has 1 aromatic rings. The molecule has 0 aliphatic rings. The number of pyridine rings is 1. The van der Waals surface area contributed by atoms with Crippen molar-refractivity contribution in [3.05, 3.63) is 23.9 Å². The summed E-state index contributed by atoms with van der Waals surface area (Å²) in [4.78, 5) is 6.98. The lowest BCUT2D eigenvalue weighted by molar-refractivity contribution is 0.704. The van der Waals surface area contributed by atoms with Gasteiger partial charge in [0.05, 0.1) is 5.69 Å². The van der Waals surface area contributed by atoms with Crippen LogP contribution in [0.4, 0.5) is 5.82 Å². The van der Waals surface area contributed by atoms with Gasteiger partial charge in [0.2, 0.25) is 0 Å². The second kappa shape index (κ2) is 7.23. The van der Waals surface area contributed by atoms with Crippen LogP contribution in [0.1, 0.15) is 32.9 Å². The van der Waals surface area contributed by atoms with Crippen LogP contribution in [0.2, 0.25) is 0 Å². The van der Waals surface area contributed by atoms with E-state index in [1.54, 1.807) is 0 Å². The van der Waals surface area contributed by atoms with Gasteiger partial charge >= 0.3 is 0 Å². The van der Waals surface area contributed by atoms with Crippen LogP contribution in [0, 0.1) is 0 Å². The number of nitrogens with zero attached hydrogens (tertiary/aromatic N) is 2. The minimum Gasteiger partial charge on any atom is -0.357 e. The van der Waals surface area contributed by atoms with Crippen LogP contribution in [0.15, 0.2) is 18.2 Å². The van der Waals surface area contributed by atoms with E-state index >= 15 is 0 Å². The molecular formula is C13H23N3. The van der Waals surface area contributed by atoms with Crippen molar-refractivity contribution in [1.29, 1.82) is 0 Å². The van der Waals surface area contributed by atoms with Crippen molar-refractivity contribution in [2.75, 3.05) is 24.5 Å². The van der Waals surface area contributed by atoms with Gasteiger partial charge in [-0.15, -0.1) is 0 Å². The smallest absolute Gasteiger partial charge is 0.128 e. The Morgan fingerprint density at radius 3 is 2.69 bits per heavy atom. The highest BCUT2D eigenvalue weighted by molar-refractivity contribution is 5.38. The maximum atomic E-state index is 4.66. The number of rotatable bonds is 7. The van der Waals surface area contributed by atoms with Crippen LogP contribution in [-0.2, 0) is 6.54 Å². The average molecular weight is 221 g/mol. The second-order valence-corrected chi connectivity index (χ2v) is 3.85. The van der Waals surface area contributed by atoms with Crippen LogP contribution in [0.25, 0.3) is 0 Å². The van der Waals surface area contributed by atoms with Gasteiger partial charge in [0.15, 0.2) is 0 Å². The molecule has 1 heterocycles. The van der Waals surface area contributed by atoms with E-state index < -0.39 is 0 Å². The molecule has 1 rings (SSSR count). The van der Waals surface area contributed by atoms with Crippen molar-refractivity contribution >= 4 is 5.82 Å². The van der Waals surface area contributed by atoms with Crippen LogP contribution in [-0.4, -0.2) is 24.6 Å². The maximum Gasteiger partial charge on any atom is 0.128 e. The van der Waals surface area contributed by atoms with E-state index in [9.17, 15) is 0 Å².